The molecule has 26 heavy (non-hydrogen) atoms. The van der Waals surface area contributed by atoms with E-state index in [1.807, 2.05) is 24.3 Å². The molecular formula is C22H26N2O2. The molecule has 0 atom stereocenters. The second kappa shape index (κ2) is 8.17. The van der Waals surface area contributed by atoms with Crippen LogP contribution in [0.5, 0.6) is 0 Å². The van der Waals surface area contributed by atoms with E-state index in [9.17, 15) is 9.59 Å². The Bertz CT molecular complexity index is 761. The van der Waals surface area contributed by atoms with Crippen molar-refractivity contribution >= 4 is 22.9 Å². The number of rotatable bonds is 8. The molecule has 4 heteroatoms. The van der Waals surface area contributed by atoms with Gasteiger partial charge in [-0.25, -0.2) is 0 Å². The highest BCUT2D eigenvalue weighted by atomic mass is 16.1. The van der Waals surface area contributed by atoms with Gasteiger partial charge in [0.1, 0.15) is 0 Å². The predicted molar refractivity (Wildman–Crippen MR) is 107 cm³/mol. The van der Waals surface area contributed by atoms with E-state index >= 15 is 0 Å². The van der Waals surface area contributed by atoms with E-state index in [1.54, 1.807) is 12.1 Å². The Balaban J connectivity index is 2.02. The average Bonchev–Trinajstić information content (AvgIpc) is 2.66. The summed E-state index contributed by atoms with van der Waals surface area (Å²) in [6, 6.07) is 11.0. The van der Waals surface area contributed by atoms with Gasteiger partial charge < -0.3 is 10.6 Å². The number of hydrogen-bond donors (Lipinski definition) is 2. The van der Waals surface area contributed by atoms with E-state index in [1.165, 1.54) is 0 Å². The van der Waals surface area contributed by atoms with Gasteiger partial charge in [0.2, 0.25) is 0 Å². The largest absolute Gasteiger partial charge is 0.384 e. The summed E-state index contributed by atoms with van der Waals surface area (Å²) in [7, 11) is 0. The molecule has 0 aliphatic heterocycles. The molecule has 0 amide bonds. The maximum absolute atomic E-state index is 13.3. The third-order valence-electron chi connectivity index (χ3n) is 4.76. The Hall–Kier alpha value is -2.62. The minimum Gasteiger partial charge on any atom is -0.384 e. The molecule has 2 aromatic rings. The number of ketones is 2. The number of nitrogens with one attached hydrogen (secondary N) is 2. The Morgan fingerprint density at radius 3 is 1.58 bits per heavy atom. The van der Waals surface area contributed by atoms with Crippen molar-refractivity contribution in [2.24, 2.45) is 0 Å². The summed E-state index contributed by atoms with van der Waals surface area (Å²) in [6.45, 7) is 5.83. The summed E-state index contributed by atoms with van der Waals surface area (Å²) >= 11 is 0. The van der Waals surface area contributed by atoms with Crippen LogP contribution in [0.15, 0.2) is 36.4 Å². The molecule has 1 aliphatic rings. The first-order chi connectivity index (χ1) is 12.7. The second-order valence-electron chi connectivity index (χ2n) is 6.68. The number of anilines is 2. The van der Waals surface area contributed by atoms with E-state index in [2.05, 4.69) is 24.5 Å². The van der Waals surface area contributed by atoms with E-state index in [4.69, 9.17) is 0 Å². The van der Waals surface area contributed by atoms with Gasteiger partial charge in [-0.05, 0) is 25.0 Å². The van der Waals surface area contributed by atoms with Crippen molar-refractivity contribution < 1.29 is 9.59 Å². The topological polar surface area (TPSA) is 58.2 Å². The van der Waals surface area contributed by atoms with Gasteiger partial charge in [-0.1, -0.05) is 51.0 Å². The van der Waals surface area contributed by atoms with Crippen LogP contribution in [0.1, 0.15) is 71.4 Å². The molecule has 0 heterocycles. The van der Waals surface area contributed by atoms with Crippen LogP contribution in [0.4, 0.5) is 11.4 Å². The molecule has 2 aromatic carbocycles. The van der Waals surface area contributed by atoms with Crippen LogP contribution in [0, 0.1) is 0 Å². The molecule has 0 saturated heterocycles. The Morgan fingerprint density at radius 1 is 0.692 bits per heavy atom. The summed E-state index contributed by atoms with van der Waals surface area (Å²) < 4.78 is 0. The van der Waals surface area contributed by atoms with Crippen LogP contribution in [0.2, 0.25) is 0 Å². The van der Waals surface area contributed by atoms with Crippen LogP contribution >= 0.6 is 0 Å². The highest BCUT2D eigenvalue weighted by Crippen LogP contribution is 2.35. The molecular weight excluding hydrogens is 324 g/mol. The number of fused-ring (bicyclic) bond motifs is 2. The van der Waals surface area contributed by atoms with Gasteiger partial charge in [-0.2, -0.15) is 0 Å². The monoisotopic (exact) mass is 350 g/mol. The smallest absolute Gasteiger partial charge is 0.198 e. The van der Waals surface area contributed by atoms with Crippen LogP contribution in [0.25, 0.3) is 0 Å². The molecule has 1 aliphatic carbocycles. The second-order valence-corrected chi connectivity index (χ2v) is 6.68. The van der Waals surface area contributed by atoms with Gasteiger partial charge in [-0.15, -0.1) is 0 Å². The van der Waals surface area contributed by atoms with Crippen molar-refractivity contribution in [3.63, 3.8) is 0 Å². The maximum Gasteiger partial charge on any atom is 0.198 e. The van der Waals surface area contributed by atoms with Gasteiger partial charge in [0.25, 0.3) is 0 Å². The number of carbonyl (C=O) groups is 2. The first kappa shape index (κ1) is 18.2. The zero-order valence-electron chi connectivity index (χ0n) is 15.5. The van der Waals surface area contributed by atoms with Gasteiger partial charge >= 0.3 is 0 Å². The molecule has 0 aromatic heterocycles. The fourth-order valence-electron chi connectivity index (χ4n) is 3.34. The lowest BCUT2D eigenvalue weighted by atomic mass is 9.82. The molecule has 0 spiro atoms. The van der Waals surface area contributed by atoms with Crippen LogP contribution < -0.4 is 10.6 Å². The lowest BCUT2D eigenvalue weighted by Crippen LogP contribution is -2.24. The molecule has 0 saturated carbocycles. The highest BCUT2D eigenvalue weighted by Gasteiger charge is 2.33. The number of benzene rings is 2. The zero-order chi connectivity index (χ0) is 18.5. The normalized spacial score (nSPS) is 12.5. The quantitative estimate of drug-likeness (QED) is 0.568. The SMILES string of the molecule is CCCCNc1cccc2c1C(=O)c1c(NCCCC)cccc1C2=O. The van der Waals surface area contributed by atoms with Crippen molar-refractivity contribution in [1.29, 1.82) is 0 Å². The molecule has 0 fully saturated rings. The van der Waals surface area contributed by atoms with Crippen molar-refractivity contribution in [3.8, 4) is 0 Å². The van der Waals surface area contributed by atoms with E-state index < -0.39 is 0 Å². The van der Waals surface area contributed by atoms with E-state index in [0.29, 0.717) is 22.3 Å². The van der Waals surface area contributed by atoms with E-state index in [-0.39, 0.29) is 11.6 Å². The molecule has 2 N–H and O–H groups in total. The molecule has 0 unspecified atom stereocenters. The lowest BCUT2D eigenvalue weighted by molar-refractivity contribution is 0.0980. The summed E-state index contributed by atoms with van der Waals surface area (Å²) in [6.07, 6.45) is 4.19. The third-order valence-corrected chi connectivity index (χ3v) is 4.76. The summed E-state index contributed by atoms with van der Waals surface area (Å²) in [4.78, 5) is 26.3. The maximum atomic E-state index is 13.3. The van der Waals surface area contributed by atoms with E-state index in [0.717, 1.165) is 50.1 Å². The lowest BCUT2D eigenvalue weighted by Gasteiger charge is -2.23. The molecule has 0 radical (unpaired) electrons. The fraction of sp³-hybridized carbons (Fsp3) is 0.364. The molecule has 3 rings (SSSR count). The van der Waals surface area contributed by atoms with Crippen molar-refractivity contribution in [2.75, 3.05) is 23.7 Å². The standard InChI is InChI=1S/C22H26N2O2/c1-3-5-13-23-17-11-7-9-15-19(17)22(26)20-16(21(15)25)10-8-12-18(20)24-14-6-4-2/h7-12,23-24H,3-6,13-14H2,1-2H3. The van der Waals surface area contributed by atoms with Crippen molar-refractivity contribution in [2.45, 2.75) is 39.5 Å². The zero-order valence-corrected chi connectivity index (χ0v) is 15.5. The van der Waals surface area contributed by atoms with Crippen molar-refractivity contribution in [3.05, 3.63) is 58.7 Å². The Kier molecular flexibility index (Phi) is 5.71. The minimum absolute atomic E-state index is 0.0752. The first-order valence-corrected chi connectivity index (χ1v) is 9.52. The Labute approximate surface area is 155 Å². The number of carbonyl (C=O) groups excluding carboxylic acids is 2. The van der Waals surface area contributed by atoms with Gasteiger partial charge in [-0.3, -0.25) is 9.59 Å². The Morgan fingerprint density at radius 2 is 1.15 bits per heavy atom. The van der Waals surface area contributed by atoms with Crippen LogP contribution in [-0.2, 0) is 0 Å². The highest BCUT2D eigenvalue weighted by molar-refractivity contribution is 6.31. The van der Waals surface area contributed by atoms with Crippen molar-refractivity contribution in [1.82, 2.24) is 0 Å². The molecule has 0 bridgehead atoms. The summed E-state index contributed by atoms with van der Waals surface area (Å²) in [5.74, 6) is -0.151. The molecule has 4 nitrogen and oxygen atoms in total. The summed E-state index contributed by atoms with van der Waals surface area (Å²) in [5, 5.41) is 6.67. The van der Waals surface area contributed by atoms with Gasteiger partial charge in [0.15, 0.2) is 11.6 Å². The predicted octanol–water partition coefficient (Wildman–Crippen LogP) is 4.89. The minimum atomic E-state index is -0.0760. The summed E-state index contributed by atoms with van der Waals surface area (Å²) in [5.41, 5.74) is 3.51. The fourth-order valence-corrected chi connectivity index (χ4v) is 3.34. The van der Waals surface area contributed by atoms with Crippen LogP contribution in [0.3, 0.4) is 0 Å². The number of unbranched alkanes of at least 4 members (excludes halogenated alkanes) is 2. The average molecular weight is 350 g/mol. The van der Waals surface area contributed by atoms with Gasteiger partial charge in [0, 0.05) is 35.6 Å². The first-order valence-electron chi connectivity index (χ1n) is 9.52. The molecule has 136 valence electrons. The van der Waals surface area contributed by atoms with Crippen LogP contribution in [-0.4, -0.2) is 24.7 Å². The third kappa shape index (κ3) is 3.36. The van der Waals surface area contributed by atoms with Gasteiger partial charge in [0.05, 0.1) is 11.1 Å². The number of hydrogen-bond acceptors (Lipinski definition) is 4.